The second-order valence-corrected chi connectivity index (χ2v) is 6.02. The number of hydrogen-bond acceptors (Lipinski definition) is 5. The first-order valence-electron chi connectivity index (χ1n) is 4.82. The molecular formula is C10H9NO5S2. The van der Waals surface area contributed by atoms with Crippen LogP contribution in [0.15, 0.2) is 24.3 Å². The second kappa shape index (κ2) is 4.32. The normalized spacial score (nSPS) is 19.1. The minimum Gasteiger partial charge on any atom is -0.319 e. The van der Waals surface area contributed by atoms with Crippen molar-refractivity contribution in [1.29, 1.82) is 0 Å². The Kier molecular flexibility index (Phi) is 3.11. The third-order valence-electron chi connectivity index (χ3n) is 2.58. The van der Waals surface area contributed by atoms with Gasteiger partial charge in [-0.3, -0.25) is 4.55 Å². The topological polar surface area (TPSA) is 115 Å². The smallest absolute Gasteiger partial charge is 0.293 e. The van der Waals surface area contributed by atoms with Crippen molar-refractivity contribution in [3.63, 3.8) is 0 Å². The fourth-order valence-corrected chi connectivity index (χ4v) is 3.37. The molecule has 0 saturated carbocycles. The zero-order valence-electron chi connectivity index (χ0n) is 8.94. The largest absolute Gasteiger partial charge is 0.319 e. The van der Waals surface area contributed by atoms with Gasteiger partial charge >= 0.3 is 0 Å². The van der Waals surface area contributed by atoms with Gasteiger partial charge in [-0.15, -0.1) is 0 Å². The minimum absolute atomic E-state index is 0.210. The summed E-state index contributed by atoms with van der Waals surface area (Å²) in [6.07, 6.45) is 1.29. The van der Waals surface area contributed by atoms with Crippen LogP contribution in [0.5, 0.6) is 0 Å². The first-order valence-corrected chi connectivity index (χ1v) is 7.34. The summed E-state index contributed by atoms with van der Waals surface area (Å²) in [6.45, 7) is 0. The number of nitrogens with two attached hydrogens (primary N) is 1. The lowest BCUT2D eigenvalue weighted by atomic mass is 10.0. The summed E-state index contributed by atoms with van der Waals surface area (Å²) >= 11 is 0. The van der Waals surface area contributed by atoms with Crippen LogP contribution in [0.2, 0.25) is 0 Å². The van der Waals surface area contributed by atoms with Crippen LogP contribution in [0, 0.1) is 0 Å². The molecule has 1 unspecified atom stereocenters. The predicted octanol–water partition coefficient (Wildman–Crippen LogP) is -2.14. The molecule has 1 aromatic carbocycles. The van der Waals surface area contributed by atoms with Crippen LogP contribution in [0.1, 0.15) is 0 Å². The number of fused-ring (bicyclic) bond motifs is 1. The van der Waals surface area contributed by atoms with Gasteiger partial charge in [0.15, 0.2) is 0 Å². The lowest BCUT2D eigenvalue weighted by Gasteiger charge is -2.16. The predicted molar refractivity (Wildman–Crippen MR) is 67.0 cm³/mol. The molecule has 0 bridgehead atoms. The monoisotopic (exact) mass is 287 g/mol. The molecule has 0 heterocycles. The van der Waals surface area contributed by atoms with Crippen molar-refractivity contribution < 1.29 is 21.4 Å². The van der Waals surface area contributed by atoms with Gasteiger partial charge in [0.05, 0.1) is 10.9 Å². The van der Waals surface area contributed by atoms with Crippen molar-refractivity contribution in [3.8, 4) is 0 Å². The van der Waals surface area contributed by atoms with E-state index in [4.69, 9.17) is 5.73 Å². The highest BCUT2D eigenvalue weighted by atomic mass is 32.2. The van der Waals surface area contributed by atoms with Crippen molar-refractivity contribution in [2.75, 3.05) is 0 Å². The molecule has 96 valence electrons. The van der Waals surface area contributed by atoms with Crippen LogP contribution in [0.4, 0.5) is 0 Å². The summed E-state index contributed by atoms with van der Waals surface area (Å²) in [7, 11) is -7.23. The number of hydrogen-bond donors (Lipinski definition) is 2. The minimum atomic E-state index is -4.58. The summed E-state index contributed by atoms with van der Waals surface area (Å²) in [4.78, 5) is -0.777. The fraction of sp³-hybridized carbons (Fsp3) is 0.100. The molecule has 0 spiro atoms. The number of benzene rings is 1. The fourth-order valence-electron chi connectivity index (χ4n) is 1.84. The highest BCUT2D eigenvalue weighted by Crippen LogP contribution is 2.11. The molecule has 0 fully saturated rings. The maximum absolute atomic E-state index is 11.3. The van der Waals surface area contributed by atoms with Crippen LogP contribution in [0.25, 0.3) is 11.0 Å². The van der Waals surface area contributed by atoms with Gasteiger partial charge in [-0.05, 0) is 11.3 Å². The van der Waals surface area contributed by atoms with Gasteiger partial charge in [0.2, 0.25) is 10.3 Å². The van der Waals surface area contributed by atoms with Crippen LogP contribution in [0.3, 0.4) is 0 Å². The van der Waals surface area contributed by atoms with Crippen molar-refractivity contribution in [2.24, 2.45) is 5.73 Å². The Morgan fingerprint density at radius 1 is 1.22 bits per heavy atom. The maximum atomic E-state index is 11.3. The van der Waals surface area contributed by atoms with Gasteiger partial charge < -0.3 is 5.73 Å². The molecule has 18 heavy (non-hydrogen) atoms. The lowest BCUT2D eigenvalue weighted by Crippen LogP contribution is -2.46. The Balaban J connectivity index is 3.10. The van der Waals surface area contributed by atoms with Gasteiger partial charge in [0.1, 0.15) is 4.91 Å². The van der Waals surface area contributed by atoms with Crippen molar-refractivity contribution in [1.82, 2.24) is 0 Å². The summed E-state index contributed by atoms with van der Waals surface area (Å²) in [5, 5.41) is 0.590. The van der Waals surface area contributed by atoms with Gasteiger partial charge in [0, 0.05) is 5.22 Å². The molecule has 0 radical (unpaired) electrons. The quantitative estimate of drug-likeness (QED) is 0.450. The zero-order valence-corrected chi connectivity index (χ0v) is 10.6. The molecule has 6 nitrogen and oxygen atoms in total. The van der Waals surface area contributed by atoms with Crippen LogP contribution in [-0.2, 0) is 20.4 Å². The third kappa shape index (κ3) is 2.10. The number of rotatable bonds is 1. The molecule has 1 aliphatic carbocycles. The first-order chi connectivity index (χ1) is 8.32. The van der Waals surface area contributed by atoms with E-state index in [9.17, 15) is 21.4 Å². The van der Waals surface area contributed by atoms with Gasteiger partial charge in [0.25, 0.3) is 10.1 Å². The first kappa shape index (κ1) is 13.0. The molecule has 1 atom stereocenters. The van der Waals surface area contributed by atoms with E-state index in [2.05, 4.69) is 0 Å². The summed E-state index contributed by atoms with van der Waals surface area (Å²) in [6, 6.07) is 4.80. The zero-order chi connectivity index (χ0) is 13.5. The molecule has 0 amide bonds. The Bertz CT molecular complexity index is 857. The highest BCUT2D eigenvalue weighted by molar-refractivity contribution is 7.95. The van der Waals surface area contributed by atoms with Gasteiger partial charge in [-0.1, -0.05) is 24.3 Å². The van der Waals surface area contributed by atoms with Crippen LogP contribution < -0.4 is 16.2 Å². The molecule has 8 heteroatoms. The maximum Gasteiger partial charge on any atom is 0.293 e. The molecule has 1 aliphatic rings. The molecule has 2 rings (SSSR count). The average Bonchev–Trinajstić information content (AvgIpc) is 2.25. The Morgan fingerprint density at radius 2 is 1.83 bits per heavy atom. The van der Waals surface area contributed by atoms with Gasteiger partial charge in [-0.2, -0.15) is 16.8 Å². The Labute approximate surface area is 104 Å². The second-order valence-electron chi connectivity index (χ2n) is 3.69. The van der Waals surface area contributed by atoms with E-state index in [0.717, 1.165) is 0 Å². The third-order valence-corrected chi connectivity index (χ3v) is 4.37. The van der Waals surface area contributed by atoms with E-state index in [1.807, 2.05) is 0 Å². The molecule has 1 aromatic rings. The standard InChI is InChI=1S/C10H9NO5S2/c11-9-8(17(12)13)5-6-3-1-2-4-7(6)10(9)18(14,15)16/h1-5,9H,11H2,(H,14,15,16). The molecular weight excluding hydrogens is 278 g/mol. The summed E-state index contributed by atoms with van der Waals surface area (Å²) < 4.78 is 53.9. The molecule has 0 aliphatic heterocycles. The van der Waals surface area contributed by atoms with E-state index in [-0.39, 0.29) is 10.1 Å². The van der Waals surface area contributed by atoms with E-state index in [1.165, 1.54) is 12.1 Å². The molecule has 0 saturated heterocycles. The summed E-state index contributed by atoms with van der Waals surface area (Å²) in [5.74, 6) is 0. The van der Waals surface area contributed by atoms with E-state index < -0.39 is 31.4 Å². The van der Waals surface area contributed by atoms with Gasteiger partial charge in [-0.25, -0.2) is 0 Å². The van der Waals surface area contributed by atoms with Crippen molar-refractivity contribution in [2.45, 2.75) is 6.04 Å². The van der Waals surface area contributed by atoms with Crippen molar-refractivity contribution >= 4 is 36.3 Å². The Morgan fingerprint density at radius 3 is 2.39 bits per heavy atom. The average molecular weight is 287 g/mol. The van der Waals surface area contributed by atoms with E-state index >= 15 is 0 Å². The van der Waals surface area contributed by atoms with Crippen LogP contribution >= 0.6 is 0 Å². The van der Waals surface area contributed by atoms with Crippen molar-refractivity contribution in [3.05, 3.63) is 34.7 Å². The van der Waals surface area contributed by atoms with Crippen LogP contribution in [-0.4, -0.2) is 32.3 Å². The highest BCUT2D eigenvalue weighted by Gasteiger charge is 2.29. The summed E-state index contributed by atoms with van der Waals surface area (Å²) in [5.41, 5.74) is 5.59. The van der Waals surface area contributed by atoms with E-state index in [1.54, 1.807) is 18.2 Å². The lowest BCUT2D eigenvalue weighted by molar-refractivity contribution is 0.494. The van der Waals surface area contributed by atoms with E-state index in [0.29, 0.717) is 5.22 Å². The molecule has 3 N–H and O–H groups in total. The Hall–Kier alpha value is -1.48. The molecule has 0 aromatic heterocycles. The SMILES string of the molecule is NC1C(S(=O)(=O)O)=c2ccccc2=CC1=S(=O)=O.